The second kappa shape index (κ2) is 10.1. The molecule has 0 aromatic heterocycles. The van der Waals surface area contributed by atoms with Crippen molar-refractivity contribution < 1.29 is 19.2 Å². The Morgan fingerprint density at radius 2 is 1.81 bits per heavy atom. The molecule has 0 unspecified atom stereocenters. The molecule has 164 valence electrons. The van der Waals surface area contributed by atoms with Crippen molar-refractivity contribution in [3.63, 3.8) is 0 Å². The van der Waals surface area contributed by atoms with Crippen molar-refractivity contribution in [1.82, 2.24) is 5.32 Å². The highest BCUT2D eigenvalue weighted by atomic mass is 16.6. The summed E-state index contributed by atoms with van der Waals surface area (Å²) in [5.74, 6) is -0.724. The molecule has 1 aliphatic heterocycles. The highest BCUT2D eigenvalue weighted by Crippen LogP contribution is 2.31. The summed E-state index contributed by atoms with van der Waals surface area (Å²) in [6, 6.07) is 13.9. The molecule has 31 heavy (non-hydrogen) atoms. The number of hydrogen-bond acceptors (Lipinski definition) is 6. The number of nitrogens with one attached hydrogen (secondary N) is 1. The van der Waals surface area contributed by atoms with Gasteiger partial charge >= 0.3 is 5.97 Å². The summed E-state index contributed by atoms with van der Waals surface area (Å²) >= 11 is 0. The monoisotopic (exact) mass is 425 g/mol. The van der Waals surface area contributed by atoms with Gasteiger partial charge in [0.05, 0.1) is 24.5 Å². The summed E-state index contributed by atoms with van der Waals surface area (Å²) in [6.07, 6.45) is 1.22. The van der Waals surface area contributed by atoms with Crippen LogP contribution >= 0.6 is 0 Å². The second-order valence-corrected chi connectivity index (χ2v) is 7.76. The lowest BCUT2D eigenvalue weighted by Crippen LogP contribution is -2.42. The number of aryl methyl sites for hydroxylation is 1. The lowest BCUT2D eigenvalue weighted by Gasteiger charge is -2.33. The van der Waals surface area contributed by atoms with Crippen molar-refractivity contribution in [1.29, 1.82) is 0 Å². The molecule has 1 saturated heterocycles. The first-order valence-electron chi connectivity index (χ1n) is 10.3. The van der Waals surface area contributed by atoms with E-state index < -0.39 is 12.0 Å². The predicted octanol–water partition coefficient (Wildman–Crippen LogP) is 3.54. The Labute approximate surface area is 181 Å². The fourth-order valence-electron chi connectivity index (χ4n) is 3.86. The molecule has 1 fully saturated rings. The first kappa shape index (κ1) is 22.3. The Morgan fingerprint density at radius 3 is 2.42 bits per heavy atom. The molecular weight excluding hydrogens is 398 g/mol. The summed E-state index contributed by atoms with van der Waals surface area (Å²) in [7, 11) is 1.33. The van der Waals surface area contributed by atoms with Crippen LogP contribution < -0.4 is 10.2 Å². The molecule has 0 aliphatic carbocycles. The van der Waals surface area contributed by atoms with Crippen LogP contribution in [-0.2, 0) is 14.3 Å². The molecule has 1 atom stereocenters. The van der Waals surface area contributed by atoms with Gasteiger partial charge in [-0.05, 0) is 31.4 Å². The van der Waals surface area contributed by atoms with Crippen molar-refractivity contribution >= 4 is 23.3 Å². The van der Waals surface area contributed by atoms with Gasteiger partial charge in [0.1, 0.15) is 5.69 Å². The van der Waals surface area contributed by atoms with Crippen LogP contribution in [0.2, 0.25) is 0 Å². The largest absolute Gasteiger partial charge is 0.469 e. The van der Waals surface area contributed by atoms with Crippen LogP contribution in [0.1, 0.15) is 36.4 Å². The molecule has 2 aromatic carbocycles. The standard InChI is InChI=1S/C23H27N3O5/c1-16-7-9-17(10-8-16)19(15-22(27)31-2)24-23(28)18-11-13-25(14-12-18)20-5-3-4-6-21(20)26(29)30/h3-10,18-19H,11-15H2,1-2H3,(H,24,28)/t19-/m1/s1. The van der Waals surface area contributed by atoms with E-state index in [9.17, 15) is 19.7 Å². The van der Waals surface area contributed by atoms with Gasteiger partial charge in [-0.3, -0.25) is 19.7 Å². The van der Waals surface area contributed by atoms with Gasteiger partial charge in [-0.25, -0.2) is 0 Å². The van der Waals surface area contributed by atoms with E-state index in [2.05, 4.69) is 5.32 Å². The number of rotatable bonds is 7. The fourth-order valence-corrected chi connectivity index (χ4v) is 3.86. The minimum Gasteiger partial charge on any atom is -0.469 e. The Balaban J connectivity index is 1.65. The van der Waals surface area contributed by atoms with Gasteiger partial charge < -0.3 is 15.0 Å². The number of carbonyl (C=O) groups is 2. The third-order valence-electron chi connectivity index (χ3n) is 5.68. The number of carbonyl (C=O) groups excluding carboxylic acids is 2. The number of ether oxygens (including phenoxy) is 1. The Bertz CT molecular complexity index is 936. The third kappa shape index (κ3) is 5.59. The quantitative estimate of drug-likeness (QED) is 0.414. The number of anilines is 1. The van der Waals surface area contributed by atoms with Crippen molar-refractivity contribution in [3.05, 3.63) is 69.8 Å². The molecule has 1 amide bonds. The lowest BCUT2D eigenvalue weighted by atomic mass is 9.94. The molecular formula is C23H27N3O5. The van der Waals surface area contributed by atoms with Gasteiger partial charge in [0.2, 0.25) is 5.91 Å². The third-order valence-corrected chi connectivity index (χ3v) is 5.68. The molecule has 0 spiro atoms. The van der Waals surface area contributed by atoms with Gasteiger partial charge in [0.25, 0.3) is 5.69 Å². The lowest BCUT2D eigenvalue weighted by molar-refractivity contribution is -0.384. The maximum absolute atomic E-state index is 12.9. The van der Waals surface area contributed by atoms with Crippen molar-refractivity contribution in [2.24, 2.45) is 5.92 Å². The average Bonchev–Trinajstić information content (AvgIpc) is 2.79. The number of hydrogen-bond donors (Lipinski definition) is 1. The van der Waals surface area contributed by atoms with Crippen molar-refractivity contribution in [2.45, 2.75) is 32.2 Å². The van der Waals surface area contributed by atoms with E-state index in [0.717, 1.165) is 11.1 Å². The minimum atomic E-state index is -0.464. The highest BCUT2D eigenvalue weighted by molar-refractivity contribution is 5.80. The molecule has 0 saturated carbocycles. The first-order valence-corrected chi connectivity index (χ1v) is 10.3. The van der Waals surface area contributed by atoms with E-state index in [1.54, 1.807) is 18.2 Å². The molecule has 2 aromatic rings. The summed E-state index contributed by atoms with van der Waals surface area (Å²) in [4.78, 5) is 37.7. The van der Waals surface area contributed by atoms with Crippen molar-refractivity contribution in [2.75, 3.05) is 25.1 Å². The van der Waals surface area contributed by atoms with Crippen LogP contribution in [0.4, 0.5) is 11.4 Å². The molecule has 1 heterocycles. The van der Waals surface area contributed by atoms with Gasteiger partial charge in [0.15, 0.2) is 0 Å². The van der Waals surface area contributed by atoms with E-state index in [0.29, 0.717) is 31.6 Å². The molecule has 8 heteroatoms. The second-order valence-electron chi connectivity index (χ2n) is 7.76. The fraction of sp³-hybridized carbons (Fsp3) is 0.391. The minimum absolute atomic E-state index is 0.0559. The molecule has 3 rings (SSSR count). The number of methoxy groups -OCH3 is 1. The molecule has 0 bridgehead atoms. The van der Waals surface area contributed by atoms with Crippen molar-refractivity contribution in [3.8, 4) is 0 Å². The highest BCUT2D eigenvalue weighted by Gasteiger charge is 2.30. The zero-order valence-corrected chi connectivity index (χ0v) is 17.7. The summed E-state index contributed by atoms with van der Waals surface area (Å²) in [5.41, 5.74) is 2.59. The maximum atomic E-state index is 12.9. The molecule has 1 aliphatic rings. The number of nitrogens with zero attached hydrogens (tertiary/aromatic N) is 2. The summed E-state index contributed by atoms with van der Waals surface area (Å²) in [6.45, 7) is 3.08. The summed E-state index contributed by atoms with van der Waals surface area (Å²) in [5, 5.41) is 14.3. The van der Waals surface area contributed by atoms with E-state index in [4.69, 9.17) is 4.74 Å². The van der Waals surface area contributed by atoms with Crippen LogP contribution in [0.5, 0.6) is 0 Å². The number of para-hydroxylation sites is 2. The number of esters is 1. The van der Waals surface area contributed by atoms with Gasteiger partial charge in [-0.15, -0.1) is 0 Å². The Kier molecular flexibility index (Phi) is 7.23. The summed E-state index contributed by atoms with van der Waals surface area (Å²) < 4.78 is 4.79. The number of nitro benzene ring substituents is 1. The van der Waals surface area contributed by atoms with E-state index in [1.165, 1.54) is 13.2 Å². The van der Waals surface area contributed by atoms with E-state index in [1.807, 2.05) is 36.1 Å². The number of amides is 1. The Morgan fingerprint density at radius 1 is 1.16 bits per heavy atom. The van der Waals surface area contributed by atoms with Crippen LogP contribution in [0.3, 0.4) is 0 Å². The van der Waals surface area contributed by atoms with Gasteiger partial charge in [0, 0.05) is 25.1 Å². The zero-order valence-electron chi connectivity index (χ0n) is 17.7. The van der Waals surface area contributed by atoms with Crippen LogP contribution in [0, 0.1) is 23.0 Å². The Hall–Kier alpha value is -3.42. The molecule has 1 N–H and O–H groups in total. The number of benzene rings is 2. The van der Waals surface area contributed by atoms with Crippen LogP contribution in [0.25, 0.3) is 0 Å². The normalized spacial score (nSPS) is 15.2. The topological polar surface area (TPSA) is 102 Å². The van der Waals surface area contributed by atoms with Gasteiger partial charge in [-0.2, -0.15) is 0 Å². The first-order chi connectivity index (χ1) is 14.9. The van der Waals surface area contributed by atoms with Crippen LogP contribution in [-0.4, -0.2) is 37.0 Å². The van der Waals surface area contributed by atoms with E-state index >= 15 is 0 Å². The number of piperidine rings is 1. The molecule has 0 radical (unpaired) electrons. The average molecular weight is 425 g/mol. The smallest absolute Gasteiger partial charge is 0.307 e. The maximum Gasteiger partial charge on any atom is 0.307 e. The van der Waals surface area contributed by atoms with E-state index in [-0.39, 0.29) is 28.9 Å². The van der Waals surface area contributed by atoms with Gasteiger partial charge in [-0.1, -0.05) is 42.0 Å². The SMILES string of the molecule is COC(=O)C[C@@H](NC(=O)C1CCN(c2ccccc2[N+](=O)[O-])CC1)c1ccc(C)cc1. The predicted molar refractivity (Wildman–Crippen MR) is 117 cm³/mol. The molecule has 8 nitrogen and oxygen atoms in total. The zero-order chi connectivity index (χ0) is 22.4. The number of nitro groups is 1. The van der Waals surface area contributed by atoms with Crippen LogP contribution in [0.15, 0.2) is 48.5 Å².